The fourth-order valence-electron chi connectivity index (χ4n) is 5.04. The Balaban J connectivity index is 1.33. The van der Waals surface area contributed by atoms with E-state index in [9.17, 15) is 0 Å². The van der Waals surface area contributed by atoms with Crippen molar-refractivity contribution in [2.24, 2.45) is 16.3 Å². The van der Waals surface area contributed by atoms with Crippen molar-refractivity contribution in [3.05, 3.63) is 35.9 Å². The molecule has 4 heteroatoms. The number of ether oxygens (including phenoxy) is 1. The van der Waals surface area contributed by atoms with Gasteiger partial charge in [-0.1, -0.05) is 36.8 Å². The lowest BCUT2D eigenvalue weighted by Gasteiger charge is -2.63. The Morgan fingerprint density at radius 2 is 2.12 bits per heavy atom. The average molecular weight is 341 g/mol. The minimum Gasteiger partial charge on any atom is -0.377 e. The fourth-order valence-corrected chi connectivity index (χ4v) is 5.04. The molecule has 0 amide bonds. The zero-order valence-corrected chi connectivity index (χ0v) is 15.3. The predicted octanol–water partition coefficient (Wildman–Crippen LogP) is 3.13. The van der Waals surface area contributed by atoms with Crippen LogP contribution < -0.4 is 10.6 Å². The van der Waals surface area contributed by atoms with Crippen LogP contribution in [0.5, 0.6) is 0 Å². The Morgan fingerprint density at radius 1 is 1.28 bits per heavy atom. The van der Waals surface area contributed by atoms with E-state index in [0.717, 1.165) is 38.5 Å². The van der Waals surface area contributed by atoms with Crippen LogP contribution in [-0.4, -0.2) is 37.8 Å². The molecule has 3 atom stereocenters. The monoisotopic (exact) mass is 341 g/mol. The van der Waals surface area contributed by atoms with Crippen LogP contribution >= 0.6 is 0 Å². The van der Waals surface area contributed by atoms with E-state index in [2.05, 4.69) is 47.9 Å². The maximum Gasteiger partial charge on any atom is 0.191 e. The van der Waals surface area contributed by atoms with Gasteiger partial charge in [-0.3, -0.25) is 4.99 Å². The maximum absolute atomic E-state index is 6.03. The minimum absolute atomic E-state index is 0.404. The zero-order chi connectivity index (χ0) is 17.1. The van der Waals surface area contributed by atoms with Gasteiger partial charge in [0.2, 0.25) is 0 Å². The van der Waals surface area contributed by atoms with Crippen LogP contribution in [0, 0.1) is 11.3 Å². The van der Waals surface area contributed by atoms with Gasteiger partial charge in [-0.15, -0.1) is 0 Å². The van der Waals surface area contributed by atoms with Crippen molar-refractivity contribution in [1.82, 2.24) is 10.6 Å². The van der Waals surface area contributed by atoms with E-state index >= 15 is 0 Å². The summed E-state index contributed by atoms with van der Waals surface area (Å²) in [6.45, 7) is 4.87. The molecule has 0 aromatic heterocycles. The number of hydrogen-bond donors (Lipinski definition) is 2. The van der Waals surface area contributed by atoms with Gasteiger partial charge in [0.15, 0.2) is 5.96 Å². The Morgan fingerprint density at radius 3 is 2.84 bits per heavy atom. The van der Waals surface area contributed by atoms with Gasteiger partial charge in [0, 0.05) is 37.1 Å². The van der Waals surface area contributed by atoms with Gasteiger partial charge in [0.25, 0.3) is 0 Å². The first kappa shape index (κ1) is 16.9. The molecule has 4 rings (SSSR count). The number of guanidine groups is 1. The summed E-state index contributed by atoms with van der Waals surface area (Å²) in [5.41, 5.74) is 1.80. The van der Waals surface area contributed by atoms with E-state index in [0.29, 0.717) is 23.5 Å². The highest BCUT2D eigenvalue weighted by Gasteiger charge is 2.66. The number of hydrogen-bond acceptors (Lipinski definition) is 2. The molecule has 3 fully saturated rings. The van der Waals surface area contributed by atoms with Gasteiger partial charge < -0.3 is 15.4 Å². The van der Waals surface area contributed by atoms with E-state index < -0.39 is 0 Å². The summed E-state index contributed by atoms with van der Waals surface area (Å²) in [5, 5.41) is 7.22. The van der Waals surface area contributed by atoms with Crippen LogP contribution in [0.3, 0.4) is 0 Å². The molecular formula is C21H31N3O. The van der Waals surface area contributed by atoms with Crippen LogP contribution in [0.1, 0.15) is 44.6 Å². The van der Waals surface area contributed by atoms with Crippen LogP contribution in [0.25, 0.3) is 0 Å². The number of rotatable bonds is 6. The summed E-state index contributed by atoms with van der Waals surface area (Å²) < 4.78 is 6.03. The molecule has 1 spiro atoms. The van der Waals surface area contributed by atoms with Crippen molar-refractivity contribution in [2.75, 3.05) is 19.7 Å². The Labute approximate surface area is 151 Å². The summed E-state index contributed by atoms with van der Waals surface area (Å²) in [6, 6.07) is 11.2. The van der Waals surface area contributed by atoms with E-state index in [1.807, 2.05) is 0 Å². The third-order valence-electron chi connectivity index (χ3n) is 6.41. The minimum atomic E-state index is 0.404. The van der Waals surface area contributed by atoms with Crippen molar-refractivity contribution in [3.8, 4) is 0 Å². The van der Waals surface area contributed by atoms with Crippen LogP contribution in [0.2, 0.25) is 0 Å². The molecule has 1 aromatic carbocycles. The quantitative estimate of drug-likeness (QED) is 0.475. The number of benzene rings is 1. The molecule has 2 saturated carbocycles. The van der Waals surface area contributed by atoms with E-state index in [4.69, 9.17) is 9.73 Å². The molecule has 0 radical (unpaired) electrons. The number of nitrogens with zero attached hydrogens (tertiary/aromatic N) is 1. The number of aryl methyl sites for hydroxylation is 1. The van der Waals surface area contributed by atoms with Crippen LogP contribution in [0.15, 0.2) is 35.3 Å². The topological polar surface area (TPSA) is 45.7 Å². The lowest BCUT2D eigenvalue weighted by Crippen LogP contribution is -2.72. The molecule has 3 aliphatic rings. The zero-order valence-electron chi connectivity index (χ0n) is 15.3. The first-order valence-electron chi connectivity index (χ1n) is 10.0. The summed E-state index contributed by atoms with van der Waals surface area (Å²) in [4.78, 5) is 4.84. The second-order valence-electron chi connectivity index (χ2n) is 7.80. The van der Waals surface area contributed by atoms with E-state index in [1.165, 1.54) is 31.2 Å². The third kappa shape index (κ3) is 3.17. The summed E-state index contributed by atoms with van der Waals surface area (Å²) in [6.07, 6.45) is 7.90. The predicted molar refractivity (Wildman–Crippen MR) is 102 cm³/mol. The average Bonchev–Trinajstić information content (AvgIpc) is 3.01. The summed E-state index contributed by atoms with van der Waals surface area (Å²) >= 11 is 0. The SMILES string of the molecule is CCNC(=NCCCc1ccccc1)NC1C2CCOC2C12CCC2. The standard InChI is InChI=1S/C21H31N3O/c1-2-22-20(23-14-6-10-16-8-4-3-5-9-16)24-18-17-11-15-25-19(17)21(18)12-7-13-21/h3-5,8-9,17-19H,2,6-7,10-15H2,1H3,(H2,22,23,24). The van der Waals surface area contributed by atoms with Crippen molar-refractivity contribution in [2.45, 2.75) is 57.6 Å². The Kier molecular flexibility index (Phi) is 4.98. The van der Waals surface area contributed by atoms with Crippen LogP contribution in [0.4, 0.5) is 0 Å². The van der Waals surface area contributed by atoms with Crippen molar-refractivity contribution in [1.29, 1.82) is 0 Å². The van der Waals surface area contributed by atoms with Gasteiger partial charge in [-0.2, -0.15) is 0 Å². The molecule has 2 N–H and O–H groups in total. The number of fused-ring (bicyclic) bond motifs is 2. The first-order valence-corrected chi connectivity index (χ1v) is 10.0. The second kappa shape index (κ2) is 7.36. The molecule has 1 heterocycles. The Bertz CT molecular complexity index is 596. The molecule has 1 aliphatic heterocycles. The molecule has 0 bridgehead atoms. The molecule has 4 nitrogen and oxygen atoms in total. The third-order valence-corrected chi connectivity index (χ3v) is 6.41. The lowest BCUT2D eigenvalue weighted by atomic mass is 9.46. The smallest absolute Gasteiger partial charge is 0.191 e. The molecule has 3 unspecified atom stereocenters. The highest BCUT2D eigenvalue weighted by atomic mass is 16.5. The van der Waals surface area contributed by atoms with E-state index in [1.54, 1.807) is 0 Å². The summed E-state index contributed by atoms with van der Waals surface area (Å²) in [7, 11) is 0. The van der Waals surface area contributed by atoms with Gasteiger partial charge in [0.1, 0.15) is 0 Å². The van der Waals surface area contributed by atoms with E-state index in [-0.39, 0.29) is 0 Å². The lowest BCUT2D eigenvalue weighted by molar-refractivity contribution is -0.171. The highest BCUT2D eigenvalue weighted by Crippen LogP contribution is 2.62. The summed E-state index contributed by atoms with van der Waals surface area (Å²) in [5.74, 6) is 1.69. The van der Waals surface area contributed by atoms with Crippen molar-refractivity contribution in [3.63, 3.8) is 0 Å². The van der Waals surface area contributed by atoms with Crippen molar-refractivity contribution >= 4 is 5.96 Å². The molecule has 1 saturated heterocycles. The van der Waals surface area contributed by atoms with Crippen LogP contribution in [-0.2, 0) is 11.2 Å². The van der Waals surface area contributed by atoms with Gasteiger partial charge >= 0.3 is 0 Å². The second-order valence-corrected chi connectivity index (χ2v) is 7.80. The molecule has 25 heavy (non-hydrogen) atoms. The maximum atomic E-state index is 6.03. The largest absolute Gasteiger partial charge is 0.377 e. The normalized spacial score (nSPS) is 29.6. The molecular weight excluding hydrogens is 310 g/mol. The highest BCUT2D eigenvalue weighted by molar-refractivity contribution is 5.80. The van der Waals surface area contributed by atoms with Crippen molar-refractivity contribution < 1.29 is 4.74 Å². The van der Waals surface area contributed by atoms with Gasteiger partial charge in [-0.25, -0.2) is 0 Å². The fraction of sp³-hybridized carbons (Fsp3) is 0.667. The number of nitrogens with one attached hydrogen (secondary N) is 2. The number of aliphatic imine (C=N–C) groups is 1. The molecule has 2 aliphatic carbocycles. The first-order chi connectivity index (χ1) is 12.3. The Hall–Kier alpha value is -1.55. The van der Waals surface area contributed by atoms with Gasteiger partial charge in [0.05, 0.1) is 6.10 Å². The van der Waals surface area contributed by atoms with Gasteiger partial charge in [-0.05, 0) is 44.6 Å². The molecule has 136 valence electrons. The molecule has 1 aromatic rings.